The lowest BCUT2D eigenvalue weighted by molar-refractivity contribution is -0.125. The van der Waals surface area contributed by atoms with Crippen LogP contribution < -0.4 is 5.32 Å². The van der Waals surface area contributed by atoms with E-state index in [0.717, 1.165) is 32.1 Å². The smallest absolute Gasteiger partial charge is 0.222 e. The maximum absolute atomic E-state index is 12.4. The Hall–Kier alpha value is -0.910. The molecule has 0 aliphatic carbocycles. The van der Waals surface area contributed by atoms with Crippen LogP contribution in [-0.2, 0) is 4.79 Å². The minimum atomic E-state index is -0.746. The molecule has 42 heavy (non-hydrogen) atoms. The summed E-state index contributed by atoms with van der Waals surface area (Å²) in [6.07, 6.45) is 35.8. The lowest BCUT2D eigenvalue weighted by Crippen LogP contribution is -2.46. The zero-order valence-electron chi connectivity index (χ0n) is 28.1. The van der Waals surface area contributed by atoms with Crippen molar-refractivity contribution in [3.05, 3.63) is 12.2 Å². The molecule has 1 amide bonds. The highest BCUT2D eigenvalue weighted by Crippen LogP contribution is 2.15. The number of aliphatic hydroxyl groups excluding tert-OH is 3. The van der Waals surface area contributed by atoms with Crippen LogP contribution in [0.4, 0.5) is 0 Å². The highest BCUT2D eigenvalue weighted by molar-refractivity contribution is 5.76. The number of nitrogens with one attached hydrogen (secondary N) is 1. The van der Waals surface area contributed by atoms with Gasteiger partial charge in [-0.2, -0.15) is 0 Å². The normalized spacial score (nSPS) is 13.9. The van der Waals surface area contributed by atoms with Crippen molar-refractivity contribution in [2.24, 2.45) is 0 Å². The first-order valence-electron chi connectivity index (χ1n) is 18.5. The molecular weight excluding hydrogens is 522 g/mol. The maximum atomic E-state index is 12.4. The summed E-state index contributed by atoms with van der Waals surface area (Å²) in [6.45, 7) is 4.23. The number of carbonyl (C=O) groups excluding carboxylic acids is 1. The average Bonchev–Trinajstić information content (AvgIpc) is 2.98. The predicted molar refractivity (Wildman–Crippen MR) is 181 cm³/mol. The third-order valence-electron chi connectivity index (χ3n) is 8.58. The molecule has 5 heteroatoms. The molecule has 3 atom stereocenters. The van der Waals surface area contributed by atoms with Gasteiger partial charge >= 0.3 is 0 Å². The zero-order chi connectivity index (χ0) is 30.9. The van der Waals surface area contributed by atoms with E-state index in [2.05, 4.69) is 31.3 Å². The van der Waals surface area contributed by atoms with Gasteiger partial charge in [0.15, 0.2) is 0 Å². The molecular formula is C37H73NO4. The Kier molecular flexibility index (Phi) is 32.3. The third kappa shape index (κ3) is 29.2. The standard InChI is InChI=1S/C37H73NO4/c1-3-5-7-9-11-13-15-17-18-19-20-22-24-26-28-30-34(40)32-37(42)38-35(33-39)36(41)31-29-27-25-23-21-16-14-12-10-8-6-4-2/h17-18,34-36,39-41H,3-16,19-33H2,1-2H3,(H,38,42)/b18-17-. The van der Waals surface area contributed by atoms with E-state index >= 15 is 0 Å². The van der Waals surface area contributed by atoms with Gasteiger partial charge in [0, 0.05) is 0 Å². The summed E-state index contributed by atoms with van der Waals surface area (Å²) < 4.78 is 0. The van der Waals surface area contributed by atoms with Gasteiger partial charge in [-0.25, -0.2) is 0 Å². The van der Waals surface area contributed by atoms with E-state index in [1.165, 1.54) is 128 Å². The van der Waals surface area contributed by atoms with Crippen LogP contribution in [0.25, 0.3) is 0 Å². The van der Waals surface area contributed by atoms with Gasteiger partial charge in [-0.1, -0.05) is 161 Å². The largest absolute Gasteiger partial charge is 0.394 e. The molecule has 3 unspecified atom stereocenters. The molecule has 0 aliphatic rings. The van der Waals surface area contributed by atoms with Crippen molar-refractivity contribution in [3.8, 4) is 0 Å². The van der Waals surface area contributed by atoms with Crippen molar-refractivity contribution in [1.29, 1.82) is 0 Å². The monoisotopic (exact) mass is 596 g/mol. The second kappa shape index (κ2) is 33.0. The molecule has 0 aliphatic heterocycles. The summed E-state index contributed by atoms with van der Waals surface area (Å²) in [5.41, 5.74) is 0. The van der Waals surface area contributed by atoms with Gasteiger partial charge in [-0.05, 0) is 38.5 Å². The van der Waals surface area contributed by atoms with Crippen molar-refractivity contribution in [1.82, 2.24) is 5.32 Å². The Bertz CT molecular complexity index is 582. The van der Waals surface area contributed by atoms with Crippen molar-refractivity contribution in [2.45, 2.75) is 212 Å². The van der Waals surface area contributed by atoms with E-state index < -0.39 is 18.2 Å². The van der Waals surface area contributed by atoms with E-state index in [0.29, 0.717) is 12.8 Å². The number of hydrogen-bond acceptors (Lipinski definition) is 4. The number of allylic oxidation sites excluding steroid dienone is 2. The molecule has 0 aromatic rings. The second-order valence-corrected chi connectivity index (χ2v) is 12.8. The van der Waals surface area contributed by atoms with Crippen LogP contribution >= 0.6 is 0 Å². The molecule has 0 bridgehead atoms. The minimum absolute atomic E-state index is 0.0330. The van der Waals surface area contributed by atoms with E-state index in [-0.39, 0.29) is 18.9 Å². The predicted octanol–water partition coefficient (Wildman–Crippen LogP) is 9.70. The molecule has 0 saturated carbocycles. The van der Waals surface area contributed by atoms with Crippen LogP contribution in [0.1, 0.15) is 194 Å². The van der Waals surface area contributed by atoms with Crippen LogP contribution in [-0.4, -0.2) is 46.1 Å². The highest BCUT2D eigenvalue weighted by atomic mass is 16.3. The summed E-state index contributed by atoms with van der Waals surface area (Å²) in [7, 11) is 0. The number of carbonyl (C=O) groups is 1. The first kappa shape index (κ1) is 41.1. The van der Waals surface area contributed by atoms with Crippen LogP contribution in [0.5, 0.6) is 0 Å². The molecule has 0 fully saturated rings. The second-order valence-electron chi connectivity index (χ2n) is 12.8. The lowest BCUT2D eigenvalue weighted by Gasteiger charge is -2.23. The number of amides is 1. The molecule has 0 radical (unpaired) electrons. The first-order valence-corrected chi connectivity index (χ1v) is 18.5. The fraction of sp³-hybridized carbons (Fsp3) is 0.919. The Balaban J connectivity index is 3.69. The minimum Gasteiger partial charge on any atom is -0.394 e. The van der Waals surface area contributed by atoms with Gasteiger partial charge < -0.3 is 20.6 Å². The molecule has 5 nitrogen and oxygen atoms in total. The molecule has 0 aromatic heterocycles. The van der Waals surface area contributed by atoms with Gasteiger partial charge in [-0.3, -0.25) is 4.79 Å². The first-order chi connectivity index (χ1) is 20.5. The summed E-state index contributed by atoms with van der Waals surface area (Å²) in [5.74, 6) is -0.289. The molecule has 0 saturated heterocycles. The maximum Gasteiger partial charge on any atom is 0.222 e. The number of unbranched alkanes of at least 4 members (excludes halogenated alkanes) is 22. The zero-order valence-corrected chi connectivity index (χ0v) is 28.1. The van der Waals surface area contributed by atoms with Gasteiger partial charge in [-0.15, -0.1) is 0 Å². The quantitative estimate of drug-likeness (QED) is 0.0449. The Morgan fingerprint density at radius 2 is 0.952 bits per heavy atom. The van der Waals surface area contributed by atoms with Crippen LogP contribution in [0, 0.1) is 0 Å². The average molecular weight is 596 g/mol. The van der Waals surface area contributed by atoms with E-state index in [1.807, 2.05) is 0 Å². The van der Waals surface area contributed by atoms with E-state index in [9.17, 15) is 20.1 Å². The summed E-state index contributed by atoms with van der Waals surface area (Å²) >= 11 is 0. The van der Waals surface area contributed by atoms with Crippen LogP contribution in [0.15, 0.2) is 12.2 Å². The molecule has 0 rings (SSSR count). The van der Waals surface area contributed by atoms with Crippen LogP contribution in [0.2, 0.25) is 0 Å². The Morgan fingerprint density at radius 1 is 0.571 bits per heavy atom. The Morgan fingerprint density at radius 3 is 1.38 bits per heavy atom. The SMILES string of the molecule is CCCCCCCC/C=C\CCCCCCCC(O)CC(=O)NC(CO)C(O)CCCCCCCCCCCCCC. The third-order valence-corrected chi connectivity index (χ3v) is 8.58. The fourth-order valence-corrected chi connectivity index (χ4v) is 5.69. The highest BCUT2D eigenvalue weighted by Gasteiger charge is 2.21. The van der Waals surface area contributed by atoms with E-state index in [4.69, 9.17) is 0 Å². The Labute approximate surface area is 261 Å². The molecule has 0 spiro atoms. The van der Waals surface area contributed by atoms with Crippen molar-refractivity contribution >= 4 is 5.91 Å². The number of aliphatic hydroxyl groups is 3. The van der Waals surface area contributed by atoms with Gasteiger partial charge in [0.05, 0.1) is 31.3 Å². The fourth-order valence-electron chi connectivity index (χ4n) is 5.69. The van der Waals surface area contributed by atoms with Gasteiger partial charge in [0.2, 0.25) is 5.91 Å². The van der Waals surface area contributed by atoms with Gasteiger partial charge in [0.25, 0.3) is 0 Å². The topological polar surface area (TPSA) is 89.8 Å². The van der Waals surface area contributed by atoms with Crippen molar-refractivity contribution < 1.29 is 20.1 Å². The van der Waals surface area contributed by atoms with Crippen molar-refractivity contribution in [3.63, 3.8) is 0 Å². The van der Waals surface area contributed by atoms with Crippen molar-refractivity contribution in [2.75, 3.05) is 6.61 Å². The summed E-state index contributed by atoms with van der Waals surface area (Å²) in [5, 5.41) is 33.2. The summed E-state index contributed by atoms with van der Waals surface area (Å²) in [4.78, 5) is 12.4. The number of rotatable bonds is 33. The van der Waals surface area contributed by atoms with E-state index in [1.54, 1.807) is 0 Å². The summed E-state index contributed by atoms with van der Waals surface area (Å²) in [6, 6.07) is -0.655. The van der Waals surface area contributed by atoms with Gasteiger partial charge in [0.1, 0.15) is 0 Å². The number of hydrogen-bond donors (Lipinski definition) is 4. The molecule has 250 valence electrons. The lowest BCUT2D eigenvalue weighted by atomic mass is 10.0. The molecule has 0 heterocycles. The molecule has 4 N–H and O–H groups in total. The molecule has 0 aromatic carbocycles. The van der Waals surface area contributed by atoms with Crippen LogP contribution in [0.3, 0.4) is 0 Å².